The quantitative estimate of drug-likeness (QED) is 0.230. The molecule has 1 aromatic heterocycles. The van der Waals surface area contributed by atoms with Crippen LogP contribution in [0.15, 0.2) is 41.5 Å². The highest BCUT2D eigenvalue weighted by atomic mass is 16.5. The van der Waals surface area contributed by atoms with Gasteiger partial charge in [-0.3, -0.25) is 14.7 Å². The minimum atomic E-state index is 0.181. The maximum Gasteiger partial charge on any atom is 0.214 e. The summed E-state index contributed by atoms with van der Waals surface area (Å²) in [6.07, 6.45) is 5.33. The molecule has 1 fully saturated rings. The zero-order valence-electron chi connectivity index (χ0n) is 19.7. The number of rotatable bonds is 12. The van der Waals surface area contributed by atoms with Gasteiger partial charge in [-0.05, 0) is 19.4 Å². The molecule has 2 aromatic rings. The van der Waals surface area contributed by atoms with E-state index in [1.165, 1.54) is 5.56 Å². The Labute approximate surface area is 196 Å². The average molecular weight is 454 g/mol. The molecule has 2 heterocycles. The molecule has 1 aromatic carbocycles. The summed E-state index contributed by atoms with van der Waals surface area (Å²) in [5.41, 5.74) is 4.33. The van der Waals surface area contributed by atoms with E-state index in [1.807, 2.05) is 24.5 Å². The first-order valence-corrected chi connectivity index (χ1v) is 11.6. The molecule has 1 amide bonds. The van der Waals surface area contributed by atoms with Crippen LogP contribution in [0.1, 0.15) is 18.9 Å². The Bertz CT molecular complexity index is 895. The predicted molar refractivity (Wildman–Crippen MR) is 132 cm³/mol. The monoisotopic (exact) mass is 453 g/mol. The molecule has 8 heteroatoms. The number of aliphatic imine (C=N–C) groups is 1. The van der Waals surface area contributed by atoms with Crippen molar-refractivity contribution >= 4 is 24.1 Å². The maximum absolute atomic E-state index is 12.0. The minimum Gasteiger partial charge on any atom is -0.395 e. The fourth-order valence-corrected chi connectivity index (χ4v) is 3.68. The number of aryl methyl sites for hydroxylation is 1. The molecule has 1 saturated heterocycles. The van der Waals surface area contributed by atoms with Crippen molar-refractivity contribution in [3.8, 4) is 11.3 Å². The zero-order valence-corrected chi connectivity index (χ0v) is 19.7. The fourth-order valence-electron chi connectivity index (χ4n) is 3.68. The van der Waals surface area contributed by atoms with E-state index >= 15 is 0 Å². The van der Waals surface area contributed by atoms with Gasteiger partial charge in [-0.2, -0.15) is 0 Å². The Morgan fingerprint density at radius 3 is 2.61 bits per heavy atom. The highest BCUT2D eigenvalue weighted by Gasteiger charge is 2.16. The smallest absolute Gasteiger partial charge is 0.214 e. The van der Waals surface area contributed by atoms with Gasteiger partial charge in [0.15, 0.2) is 0 Å². The first-order valence-electron chi connectivity index (χ1n) is 11.6. The Morgan fingerprint density at radius 1 is 1.18 bits per heavy atom. The number of carbonyl (C=O) groups is 1. The van der Waals surface area contributed by atoms with Crippen molar-refractivity contribution in [1.29, 1.82) is 0 Å². The van der Waals surface area contributed by atoms with Crippen LogP contribution in [0, 0.1) is 6.92 Å². The Balaban J connectivity index is 1.81. The summed E-state index contributed by atoms with van der Waals surface area (Å²) in [6.45, 7) is 10.0. The SMILES string of the molecule is CCCOCCN(C=O)c1cc(-c2ccc(C)cc2)ncc1N=CN1CCN(CCO)CC1. The third kappa shape index (κ3) is 7.35. The lowest BCUT2D eigenvalue weighted by atomic mass is 10.1. The normalized spacial score (nSPS) is 14.7. The number of aliphatic hydroxyl groups excluding tert-OH is 1. The van der Waals surface area contributed by atoms with E-state index in [0.29, 0.717) is 37.7 Å². The van der Waals surface area contributed by atoms with Gasteiger partial charge >= 0.3 is 0 Å². The lowest BCUT2D eigenvalue weighted by molar-refractivity contribution is -0.107. The third-order valence-electron chi connectivity index (χ3n) is 5.65. The van der Waals surface area contributed by atoms with Crippen molar-refractivity contribution in [3.05, 3.63) is 42.1 Å². The first-order chi connectivity index (χ1) is 16.1. The van der Waals surface area contributed by atoms with Gasteiger partial charge in [-0.1, -0.05) is 36.8 Å². The van der Waals surface area contributed by atoms with Crippen LogP contribution in [0.2, 0.25) is 0 Å². The Morgan fingerprint density at radius 2 is 1.94 bits per heavy atom. The summed E-state index contributed by atoms with van der Waals surface area (Å²) in [4.78, 5) is 27.3. The predicted octanol–water partition coefficient (Wildman–Crippen LogP) is 2.72. The molecule has 0 saturated carbocycles. The molecule has 0 aliphatic carbocycles. The summed E-state index contributed by atoms with van der Waals surface area (Å²) in [7, 11) is 0. The summed E-state index contributed by atoms with van der Waals surface area (Å²) < 4.78 is 5.60. The number of benzene rings is 1. The molecule has 33 heavy (non-hydrogen) atoms. The van der Waals surface area contributed by atoms with Gasteiger partial charge < -0.3 is 19.6 Å². The lowest BCUT2D eigenvalue weighted by Crippen LogP contribution is -2.46. The van der Waals surface area contributed by atoms with Crippen LogP contribution < -0.4 is 4.90 Å². The van der Waals surface area contributed by atoms with E-state index in [0.717, 1.165) is 50.3 Å². The maximum atomic E-state index is 12.0. The number of hydrogen-bond donors (Lipinski definition) is 1. The number of aromatic nitrogens is 1. The van der Waals surface area contributed by atoms with Crippen molar-refractivity contribution in [2.24, 2.45) is 4.99 Å². The second-order valence-corrected chi connectivity index (χ2v) is 8.18. The van der Waals surface area contributed by atoms with Crippen molar-refractivity contribution < 1.29 is 14.6 Å². The zero-order chi connectivity index (χ0) is 23.5. The minimum absolute atomic E-state index is 0.181. The lowest BCUT2D eigenvalue weighted by Gasteiger charge is -2.33. The fraction of sp³-hybridized carbons (Fsp3) is 0.480. The molecule has 0 atom stereocenters. The van der Waals surface area contributed by atoms with Crippen molar-refractivity contribution in [2.75, 3.05) is 64.0 Å². The summed E-state index contributed by atoms with van der Waals surface area (Å²) >= 11 is 0. The van der Waals surface area contributed by atoms with Gasteiger partial charge in [0.2, 0.25) is 6.41 Å². The Kier molecular flexibility index (Phi) is 9.80. The molecule has 0 unspecified atom stereocenters. The van der Waals surface area contributed by atoms with Crippen LogP contribution in [0.25, 0.3) is 11.3 Å². The highest BCUT2D eigenvalue weighted by molar-refractivity contribution is 5.85. The number of β-amino-alcohol motifs (C(OH)–C–C–N with tert-alkyl or cyclic N) is 1. The Hall–Kier alpha value is -2.81. The third-order valence-corrected chi connectivity index (χ3v) is 5.65. The topological polar surface area (TPSA) is 81.5 Å². The van der Waals surface area contributed by atoms with Gasteiger partial charge in [0.25, 0.3) is 0 Å². The van der Waals surface area contributed by atoms with Gasteiger partial charge in [-0.25, -0.2) is 4.99 Å². The van der Waals surface area contributed by atoms with E-state index in [4.69, 9.17) is 14.8 Å². The number of piperazine rings is 1. The molecule has 0 spiro atoms. The summed E-state index contributed by atoms with van der Waals surface area (Å²) in [6, 6.07) is 10.1. The molecular formula is C25H35N5O3. The van der Waals surface area contributed by atoms with Gasteiger partial charge in [-0.15, -0.1) is 0 Å². The van der Waals surface area contributed by atoms with E-state index in [1.54, 1.807) is 11.1 Å². The second kappa shape index (κ2) is 13.0. The molecule has 1 aliphatic rings. The summed E-state index contributed by atoms with van der Waals surface area (Å²) in [5, 5.41) is 9.12. The highest BCUT2D eigenvalue weighted by Crippen LogP contribution is 2.31. The van der Waals surface area contributed by atoms with Crippen molar-refractivity contribution in [3.63, 3.8) is 0 Å². The summed E-state index contributed by atoms with van der Waals surface area (Å²) in [5.74, 6) is 0. The molecule has 178 valence electrons. The van der Waals surface area contributed by atoms with Crippen molar-refractivity contribution in [2.45, 2.75) is 20.3 Å². The number of nitrogens with zero attached hydrogens (tertiary/aromatic N) is 5. The molecular weight excluding hydrogens is 418 g/mol. The van der Waals surface area contributed by atoms with Gasteiger partial charge in [0.05, 0.1) is 37.1 Å². The van der Waals surface area contributed by atoms with Crippen LogP contribution in [-0.4, -0.2) is 91.7 Å². The molecule has 0 radical (unpaired) electrons. The number of ether oxygens (including phenoxy) is 1. The number of aliphatic hydroxyl groups is 1. The van der Waals surface area contributed by atoms with Gasteiger partial charge in [0, 0.05) is 51.4 Å². The standard InChI is InChI=1S/C25H35N5O3/c1-3-15-33-16-13-30(20-32)25-17-23(22-6-4-21(2)5-7-22)26-18-24(25)27-19-29-10-8-28(9-11-29)12-14-31/h4-7,17-20,31H,3,8-16H2,1-2H3. The second-order valence-electron chi connectivity index (χ2n) is 8.18. The molecule has 1 aliphatic heterocycles. The van der Waals surface area contributed by atoms with E-state index < -0.39 is 0 Å². The number of carbonyl (C=O) groups excluding carboxylic acids is 1. The first kappa shape index (κ1) is 24.8. The van der Waals surface area contributed by atoms with Crippen molar-refractivity contribution in [1.82, 2.24) is 14.8 Å². The molecule has 1 N–H and O–H groups in total. The molecule has 3 rings (SSSR count). The largest absolute Gasteiger partial charge is 0.395 e. The number of amides is 1. The van der Waals surface area contributed by atoms with Crippen LogP contribution in [0.4, 0.5) is 11.4 Å². The number of anilines is 1. The van der Waals surface area contributed by atoms with Crippen LogP contribution in [0.5, 0.6) is 0 Å². The van der Waals surface area contributed by atoms with Gasteiger partial charge in [0.1, 0.15) is 5.69 Å². The molecule has 0 bridgehead atoms. The number of hydrogen-bond acceptors (Lipinski definition) is 6. The number of pyridine rings is 1. The van der Waals surface area contributed by atoms with Crippen LogP contribution in [0.3, 0.4) is 0 Å². The molecule has 8 nitrogen and oxygen atoms in total. The average Bonchev–Trinajstić information content (AvgIpc) is 2.84. The van der Waals surface area contributed by atoms with Crippen LogP contribution in [-0.2, 0) is 9.53 Å². The van der Waals surface area contributed by atoms with Crippen LogP contribution >= 0.6 is 0 Å². The van der Waals surface area contributed by atoms with E-state index in [-0.39, 0.29) is 6.61 Å². The van der Waals surface area contributed by atoms with E-state index in [2.05, 4.69) is 40.8 Å². The van der Waals surface area contributed by atoms with E-state index in [9.17, 15) is 4.79 Å².